The largest absolute Gasteiger partial charge is 0.347 e. The molecule has 5 heteroatoms. The molecular weight excluding hydrogens is 268 g/mol. The minimum absolute atomic E-state index is 0.0508. The molecule has 3 nitrogen and oxygen atoms in total. The van der Waals surface area contributed by atoms with Gasteiger partial charge in [-0.3, -0.25) is 4.79 Å². The van der Waals surface area contributed by atoms with Gasteiger partial charge in [0.1, 0.15) is 0 Å². The van der Waals surface area contributed by atoms with Gasteiger partial charge in [0.15, 0.2) is 10.9 Å². The van der Waals surface area contributed by atoms with Crippen LogP contribution in [-0.4, -0.2) is 17.8 Å². The van der Waals surface area contributed by atoms with Gasteiger partial charge < -0.3 is 4.90 Å². The molecule has 94 valence electrons. The van der Waals surface area contributed by atoms with Crippen LogP contribution in [0, 0.1) is 0 Å². The molecule has 0 bridgehead atoms. The number of nitrogens with zero attached hydrogens (tertiary/aromatic N) is 2. The van der Waals surface area contributed by atoms with Gasteiger partial charge in [-0.2, -0.15) is 0 Å². The molecular formula is C13H13ClN2OS. The van der Waals surface area contributed by atoms with Crippen LogP contribution in [0.5, 0.6) is 0 Å². The average Bonchev–Trinajstić information content (AvgIpc) is 2.78. The first-order valence-corrected chi connectivity index (χ1v) is 6.68. The van der Waals surface area contributed by atoms with E-state index in [0.29, 0.717) is 11.4 Å². The number of anilines is 1. The van der Waals surface area contributed by atoms with Gasteiger partial charge in [-0.15, -0.1) is 0 Å². The van der Waals surface area contributed by atoms with Gasteiger partial charge in [-0.1, -0.05) is 35.1 Å². The molecule has 0 aliphatic rings. The van der Waals surface area contributed by atoms with Gasteiger partial charge in [-0.05, 0) is 17.7 Å². The first-order chi connectivity index (χ1) is 8.56. The molecule has 0 spiro atoms. The smallest absolute Gasteiger partial charge is 0.185 e. The van der Waals surface area contributed by atoms with Crippen molar-refractivity contribution >= 4 is 33.9 Å². The standard InChI is InChI=1S/C13H13ClN2OS/c1-9(17)12-7-15-13(18-12)16(2)8-10-4-3-5-11(14)6-10/h3-7H,8H2,1-2H3. The minimum Gasteiger partial charge on any atom is -0.347 e. The molecule has 2 aromatic rings. The van der Waals surface area contributed by atoms with E-state index in [1.54, 1.807) is 13.1 Å². The fraction of sp³-hybridized carbons (Fsp3) is 0.231. The van der Waals surface area contributed by atoms with Crippen LogP contribution in [0.4, 0.5) is 5.13 Å². The third-order valence-corrected chi connectivity index (χ3v) is 3.92. The van der Waals surface area contributed by atoms with Gasteiger partial charge in [0.05, 0.1) is 11.1 Å². The Morgan fingerprint density at radius 3 is 2.89 bits per heavy atom. The fourth-order valence-electron chi connectivity index (χ4n) is 1.58. The quantitative estimate of drug-likeness (QED) is 0.802. The second kappa shape index (κ2) is 5.50. The van der Waals surface area contributed by atoms with Crippen molar-refractivity contribution in [1.82, 2.24) is 4.98 Å². The predicted octanol–water partition coefficient (Wildman–Crippen LogP) is 3.64. The molecule has 1 aromatic heterocycles. The minimum atomic E-state index is 0.0508. The van der Waals surface area contributed by atoms with E-state index in [1.807, 2.05) is 36.2 Å². The van der Waals surface area contributed by atoms with Crippen LogP contribution in [-0.2, 0) is 6.54 Å². The Kier molecular flexibility index (Phi) is 3.99. The lowest BCUT2D eigenvalue weighted by molar-refractivity contribution is 0.102. The number of rotatable bonds is 4. The molecule has 0 atom stereocenters. The van der Waals surface area contributed by atoms with E-state index in [-0.39, 0.29) is 5.78 Å². The summed E-state index contributed by atoms with van der Waals surface area (Å²) in [5.74, 6) is 0.0508. The van der Waals surface area contributed by atoms with E-state index >= 15 is 0 Å². The number of halogens is 1. The normalized spacial score (nSPS) is 10.4. The zero-order chi connectivity index (χ0) is 13.1. The Labute approximate surface area is 115 Å². The molecule has 0 amide bonds. The maximum absolute atomic E-state index is 11.2. The van der Waals surface area contributed by atoms with Crippen LogP contribution in [0.25, 0.3) is 0 Å². The van der Waals surface area contributed by atoms with Crippen LogP contribution >= 0.6 is 22.9 Å². The number of carbonyl (C=O) groups is 1. The Balaban J connectivity index is 2.11. The summed E-state index contributed by atoms with van der Waals surface area (Å²) in [6.45, 7) is 2.26. The first-order valence-electron chi connectivity index (χ1n) is 5.48. The molecule has 0 radical (unpaired) electrons. The lowest BCUT2D eigenvalue weighted by atomic mass is 10.2. The number of hydrogen-bond donors (Lipinski definition) is 0. The number of carbonyl (C=O) groups excluding carboxylic acids is 1. The van der Waals surface area contributed by atoms with Gasteiger partial charge in [0, 0.05) is 25.5 Å². The highest BCUT2D eigenvalue weighted by atomic mass is 35.5. The SMILES string of the molecule is CC(=O)c1cnc(N(C)Cc2cccc(Cl)c2)s1. The predicted molar refractivity (Wildman–Crippen MR) is 75.7 cm³/mol. The molecule has 0 saturated carbocycles. The fourth-order valence-corrected chi connectivity index (χ4v) is 2.57. The summed E-state index contributed by atoms with van der Waals surface area (Å²) in [6, 6.07) is 7.72. The number of hydrogen-bond acceptors (Lipinski definition) is 4. The molecule has 1 heterocycles. The van der Waals surface area contributed by atoms with Gasteiger partial charge in [0.2, 0.25) is 0 Å². The highest BCUT2D eigenvalue weighted by Gasteiger charge is 2.10. The molecule has 0 aliphatic heterocycles. The Morgan fingerprint density at radius 1 is 1.50 bits per heavy atom. The van der Waals surface area contributed by atoms with Crippen molar-refractivity contribution in [2.24, 2.45) is 0 Å². The van der Waals surface area contributed by atoms with E-state index in [4.69, 9.17) is 11.6 Å². The van der Waals surface area contributed by atoms with Crippen LogP contribution in [0.3, 0.4) is 0 Å². The van der Waals surface area contributed by atoms with Crippen LogP contribution in [0.15, 0.2) is 30.5 Å². The summed E-state index contributed by atoms with van der Waals surface area (Å²) in [4.78, 5) is 18.2. The average molecular weight is 281 g/mol. The van der Waals surface area contributed by atoms with E-state index in [1.165, 1.54) is 11.3 Å². The van der Waals surface area contributed by atoms with Gasteiger partial charge in [-0.25, -0.2) is 4.98 Å². The highest BCUT2D eigenvalue weighted by Crippen LogP contribution is 2.23. The van der Waals surface area contributed by atoms with Crippen LogP contribution in [0.2, 0.25) is 5.02 Å². The maximum Gasteiger partial charge on any atom is 0.185 e. The van der Waals surface area contributed by atoms with Crippen molar-refractivity contribution < 1.29 is 4.79 Å². The van der Waals surface area contributed by atoms with E-state index < -0.39 is 0 Å². The molecule has 18 heavy (non-hydrogen) atoms. The van der Waals surface area contributed by atoms with Crippen molar-refractivity contribution in [3.8, 4) is 0 Å². The lowest BCUT2D eigenvalue weighted by Crippen LogP contribution is -2.15. The Hall–Kier alpha value is -1.39. The van der Waals surface area contributed by atoms with Crippen molar-refractivity contribution in [1.29, 1.82) is 0 Å². The highest BCUT2D eigenvalue weighted by molar-refractivity contribution is 7.17. The topological polar surface area (TPSA) is 33.2 Å². The summed E-state index contributed by atoms with van der Waals surface area (Å²) in [5.41, 5.74) is 1.12. The number of ketones is 1. The maximum atomic E-state index is 11.2. The third kappa shape index (κ3) is 3.09. The van der Waals surface area contributed by atoms with Crippen molar-refractivity contribution in [3.63, 3.8) is 0 Å². The summed E-state index contributed by atoms with van der Waals surface area (Å²) < 4.78 is 0. The molecule has 0 saturated heterocycles. The summed E-state index contributed by atoms with van der Waals surface area (Å²) in [7, 11) is 1.95. The summed E-state index contributed by atoms with van der Waals surface area (Å²) >= 11 is 7.35. The van der Waals surface area contributed by atoms with Crippen LogP contribution < -0.4 is 4.90 Å². The third-order valence-electron chi connectivity index (χ3n) is 2.48. The lowest BCUT2D eigenvalue weighted by Gasteiger charge is -2.15. The second-order valence-corrected chi connectivity index (χ2v) is 5.49. The van der Waals surface area contributed by atoms with Crippen molar-refractivity contribution in [3.05, 3.63) is 45.9 Å². The number of Topliss-reactive ketones (excluding diaryl/α,β-unsaturated/α-hetero) is 1. The Bertz CT molecular complexity index is 568. The van der Waals surface area contributed by atoms with Gasteiger partial charge >= 0.3 is 0 Å². The second-order valence-electron chi connectivity index (χ2n) is 4.05. The number of aromatic nitrogens is 1. The van der Waals surface area contributed by atoms with E-state index in [9.17, 15) is 4.79 Å². The molecule has 0 fully saturated rings. The zero-order valence-corrected chi connectivity index (χ0v) is 11.8. The first kappa shape index (κ1) is 13.1. The molecule has 1 aromatic carbocycles. The molecule has 0 N–H and O–H groups in total. The molecule has 2 rings (SSSR count). The zero-order valence-electron chi connectivity index (χ0n) is 10.2. The molecule has 0 aliphatic carbocycles. The summed E-state index contributed by atoms with van der Waals surface area (Å²) in [6.07, 6.45) is 1.62. The molecule has 0 unspecified atom stereocenters. The number of benzene rings is 1. The summed E-state index contributed by atoms with van der Waals surface area (Å²) in [5, 5.41) is 1.56. The van der Waals surface area contributed by atoms with Crippen molar-refractivity contribution in [2.75, 3.05) is 11.9 Å². The van der Waals surface area contributed by atoms with Crippen molar-refractivity contribution in [2.45, 2.75) is 13.5 Å². The number of thiazole rings is 1. The van der Waals surface area contributed by atoms with Crippen LogP contribution in [0.1, 0.15) is 22.2 Å². The monoisotopic (exact) mass is 280 g/mol. The van der Waals surface area contributed by atoms with E-state index in [0.717, 1.165) is 15.7 Å². The van der Waals surface area contributed by atoms with E-state index in [2.05, 4.69) is 4.98 Å². The Morgan fingerprint density at radius 2 is 2.28 bits per heavy atom. The van der Waals surface area contributed by atoms with Gasteiger partial charge in [0.25, 0.3) is 0 Å².